The Morgan fingerprint density at radius 2 is 2.03 bits per heavy atom. The predicted molar refractivity (Wildman–Crippen MR) is 125 cm³/mol. The number of para-hydroxylation sites is 1. The molecular formula is C26H31N3O2. The fourth-order valence-electron chi connectivity index (χ4n) is 5.23. The molecule has 0 spiro atoms. The van der Waals surface area contributed by atoms with Crippen LogP contribution in [0, 0.1) is 5.92 Å². The SMILES string of the molecule is CN(C)c1ccc(C2Nc3c(C(=O)NCC4CCCO4)cccc3C3C=CCC32)cc1. The highest BCUT2D eigenvalue weighted by Gasteiger charge is 2.39. The van der Waals surface area contributed by atoms with E-state index in [0.29, 0.717) is 18.4 Å². The highest BCUT2D eigenvalue weighted by molar-refractivity contribution is 6.00. The molecule has 1 saturated heterocycles. The van der Waals surface area contributed by atoms with E-state index in [1.807, 2.05) is 12.1 Å². The maximum absolute atomic E-state index is 13.1. The van der Waals surface area contributed by atoms with E-state index in [0.717, 1.165) is 37.1 Å². The molecule has 5 nitrogen and oxygen atoms in total. The van der Waals surface area contributed by atoms with Gasteiger partial charge in [0.1, 0.15) is 0 Å². The van der Waals surface area contributed by atoms with Gasteiger partial charge in [-0.15, -0.1) is 0 Å². The van der Waals surface area contributed by atoms with Gasteiger partial charge < -0.3 is 20.3 Å². The van der Waals surface area contributed by atoms with Gasteiger partial charge in [-0.05, 0) is 54.5 Å². The summed E-state index contributed by atoms with van der Waals surface area (Å²) >= 11 is 0. The molecule has 31 heavy (non-hydrogen) atoms. The Hall–Kier alpha value is -2.79. The first-order valence-electron chi connectivity index (χ1n) is 11.3. The Balaban J connectivity index is 1.43. The highest BCUT2D eigenvalue weighted by Crippen LogP contribution is 2.50. The number of carbonyl (C=O) groups is 1. The fraction of sp³-hybridized carbons (Fsp3) is 0.423. The summed E-state index contributed by atoms with van der Waals surface area (Å²) in [4.78, 5) is 15.2. The minimum atomic E-state index is -0.0259. The first-order valence-corrected chi connectivity index (χ1v) is 11.3. The van der Waals surface area contributed by atoms with Gasteiger partial charge in [0, 0.05) is 38.9 Å². The van der Waals surface area contributed by atoms with Gasteiger partial charge in [0.15, 0.2) is 0 Å². The quantitative estimate of drug-likeness (QED) is 0.704. The van der Waals surface area contributed by atoms with Gasteiger partial charge >= 0.3 is 0 Å². The standard InChI is InChI=1S/C26H31N3O2/c1-29(2)18-13-11-17(12-14-18)24-21-8-3-7-20(21)22-9-4-10-23(25(22)28-24)26(30)27-16-19-6-5-15-31-19/h3-4,7,9-14,19-21,24,28H,5-6,8,15-16H2,1-2H3,(H,27,30). The second-order valence-electron chi connectivity index (χ2n) is 9.08. The lowest BCUT2D eigenvalue weighted by molar-refractivity contribution is 0.0858. The molecular weight excluding hydrogens is 386 g/mol. The zero-order valence-corrected chi connectivity index (χ0v) is 18.3. The van der Waals surface area contributed by atoms with Crippen LogP contribution in [-0.4, -0.2) is 39.3 Å². The van der Waals surface area contributed by atoms with E-state index in [9.17, 15) is 4.79 Å². The van der Waals surface area contributed by atoms with Crippen LogP contribution in [0.15, 0.2) is 54.6 Å². The van der Waals surface area contributed by atoms with Crippen molar-refractivity contribution in [1.29, 1.82) is 0 Å². The summed E-state index contributed by atoms with van der Waals surface area (Å²) in [5, 5.41) is 6.86. The van der Waals surface area contributed by atoms with Gasteiger partial charge in [-0.2, -0.15) is 0 Å². The smallest absolute Gasteiger partial charge is 0.253 e. The monoisotopic (exact) mass is 417 g/mol. The molecule has 2 N–H and O–H groups in total. The second-order valence-corrected chi connectivity index (χ2v) is 9.08. The van der Waals surface area contributed by atoms with Gasteiger partial charge in [0.25, 0.3) is 5.91 Å². The molecule has 4 unspecified atom stereocenters. The first kappa shape index (κ1) is 20.1. The average molecular weight is 418 g/mol. The minimum absolute atomic E-state index is 0.0259. The molecule has 1 fully saturated rings. The number of carbonyl (C=O) groups excluding carboxylic acids is 1. The number of benzene rings is 2. The van der Waals surface area contributed by atoms with Crippen molar-refractivity contribution in [1.82, 2.24) is 5.32 Å². The topological polar surface area (TPSA) is 53.6 Å². The van der Waals surface area contributed by atoms with Crippen LogP contribution in [0.25, 0.3) is 0 Å². The summed E-state index contributed by atoms with van der Waals surface area (Å²) in [6.45, 7) is 1.37. The van der Waals surface area contributed by atoms with Gasteiger partial charge in [-0.1, -0.05) is 36.4 Å². The van der Waals surface area contributed by atoms with Crippen LogP contribution in [0.1, 0.15) is 52.7 Å². The number of hydrogen-bond donors (Lipinski definition) is 2. The lowest BCUT2D eigenvalue weighted by atomic mass is 9.76. The molecule has 1 amide bonds. The molecule has 162 valence electrons. The molecule has 0 bridgehead atoms. The van der Waals surface area contributed by atoms with Crippen molar-refractivity contribution in [2.75, 3.05) is 37.5 Å². The molecule has 2 aliphatic heterocycles. The third kappa shape index (κ3) is 3.83. The zero-order valence-electron chi connectivity index (χ0n) is 18.3. The van der Waals surface area contributed by atoms with E-state index in [4.69, 9.17) is 4.74 Å². The predicted octanol–water partition coefficient (Wildman–Crippen LogP) is 4.49. The number of hydrogen-bond acceptors (Lipinski definition) is 4. The van der Waals surface area contributed by atoms with Gasteiger partial charge in [-0.3, -0.25) is 4.79 Å². The number of allylic oxidation sites excluding steroid dienone is 2. The van der Waals surface area contributed by atoms with Crippen LogP contribution < -0.4 is 15.5 Å². The molecule has 2 aromatic rings. The number of ether oxygens (including phenoxy) is 1. The summed E-state index contributed by atoms with van der Waals surface area (Å²) < 4.78 is 5.67. The second kappa shape index (κ2) is 8.39. The van der Waals surface area contributed by atoms with Gasteiger partial charge in [-0.25, -0.2) is 0 Å². The summed E-state index contributed by atoms with van der Waals surface area (Å²) in [5.41, 5.74) is 5.38. The van der Waals surface area contributed by atoms with Gasteiger partial charge in [0.2, 0.25) is 0 Å². The van der Waals surface area contributed by atoms with E-state index in [-0.39, 0.29) is 18.1 Å². The Morgan fingerprint density at radius 3 is 2.77 bits per heavy atom. The zero-order chi connectivity index (χ0) is 21.4. The van der Waals surface area contributed by atoms with Crippen molar-refractivity contribution in [3.63, 3.8) is 0 Å². The Labute approximate surface area is 184 Å². The molecule has 2 aromatic carbocycles. The van der Waals surface area contributed by atoms with Crippen molar-refractivity contribution in [3.8, 4) is 0 Å². The lowest BCUT2D eigenvalue weighted by Crippen LogP contribution is -2.34. The third-order valence-corrected chi connectivity index (χ3v) is 6.92. The molecule has 2 heterocycles. The van der Waals surface area contributed by atoms with Crippen LogP contribution in [-0.2, 0) is 4.74 Å². The molecule has 3 aliphatic rings. The van der Waals surface area contributed by atoms with E-state index in [1.165, 1.54) is 16.8 Å². The Kier molecular flexibility index (Phi) is 5.45. The number of nitrogens with zero attached hydrogens (tertiary/aromatic N) is 1. The normalized spacial score (nSPS) is 26.1. The largest absolute Gasteiger partial charge is 0.378 e. The van der Waals surface area contributed by atoms with Crippen molar-refractivity contribution in [3.05, 3.63) is 71.3 Å². The van der Waals surface area contributed by atoms with Gasteiger partial charge in [0.05, 0.1) is 23.4 Å². The van der Waals surface area contributed by atoms with Crippen LogP contribution in [0.5, 0.6) is 0 Å². The molecule has 5 heteroatoms. The summed E-state index contributed by atoms with van der Waals surface area (Å²) in [7, 11) is 4.12. The summed E-state index contributed by atoms with van der Waals surface area (Å²) in [6, 6.07) is 15.1. The number of fused-ring (bicyclic) bond motifs is 3. The van der Waals surface area contributed by atoms with Crippen molar-refractivity contribution in [2.45, 2.75) is 37.3 Å². The Morgan fingerprint density at radius 1 is 1.19 bits per heavy atom. The molecule has 0 aromatic heterocycles. The van der Waals surface area contributed by atoms with Crippen molar-refractivity contribution in [2.24, 2.45) is 5.92 Å². The number of nitrogens with one attached hydrogen (secondary N) is 2. The van der Waals surface area contributed by atoms with E-state index < -0.39 is 0 Å². The summed E-state index contributed by atoms with van der Waals surface area (Å²) in [6.07, 6.45) is 7.89. The van der Waals surface area contributed by atoms with Crippen LogP contribution in [0.4, 0.5) is 11.4 Å². The maximum Gasteiger partial charge on any atom is 0.253 e. The van der Waals surface area contributed by atoms with E-state index in [1.54, 1.807) is 0 Å². The first-order chi connectivity index (χ1) is 15.1. The molecule has 4 atom stereocenters. The number of anilines is 2. The molecule has 5 rings (SSSR count). The van der Waals surface area contributed by atoms with E-state index >= 15 is 0 Å². The van der Waals surface area contributed by atoms with Crippen LogP contribution in [0.2, 0.25) is 0 Å². The number of rotatable bonds is 5. The van der Waals surface area contributed by atoms with Crippen molar-refractivity contribution >= 4 is 17.3 Å². The average Bonchev–Trinajstić information content (AvgIpc) is 3.49. The van der Waals surface area contributed by atoms with Crippen LogP contribution in [0.3, 0.4) is 0 Å². The molecule has 1 aliphatic carbocycles. The Bertz CT molecular complexity index is 977. The van der Waals surface area contributed by atoms with Crippen LogP contribution >= 0.6 is 0 Å². The van der Waals surface area contributed by atoms with Crippen molar-refractivity contribution < 1.29 is 9.53 Å². The molecule has 0 saturated carbocycles. The minimum Gasteiger partial charge on any atom is -0.378 e. The molecule has 0 radical (unpaired) electrons. The highest BCUT2D eigenvalue weighted by atomic mass is 16.5. The summed E-state index contributed by atoms with van der Waals surface area (Å²) in [5.74, 6) is 0.769. The number of amides is 1. The third-order valence-electron chi connectivity index (χ3n) is 6.92. The lowest BCUT2D eigenvalue weighted by Gasteiger charge is -2.38. The maximum atomic E-state index is 13.1. The fourth-order valence-corrected chi connectivity index (χ4v) is 5.23. The van der Waals surface area contributed by atoms with E-state index in [2.05, 4.69) is 72.1 Å².